The van der Waals surface area contributed by atoms with Crippen molar-refractivity contribution in [1.82, 2.24) is 4.90 Å². The number of carbonyl (C=O) groups excluding carboxylic acids is 1. The van der Waals surface area contributed by atoms with E-state index in [1.807, 2.05) is 53.7 Å². The fourth-order valence-corrected chi connectivity index (χ4v) is 1.97. The van der Waals surface area contributed by atoms with Crippen LogP contribution in [0, 0.1) is 0 Å². The average Bonchev–Trinajstić information content (AvgIpc) is 2.57. The summed E-state index contributed by atoms with van der Waals surface area (Å²) in [5.41, 5.74) is -0.627. The molecule has 1 aliphatic rings. The number of hydrogen-bond donors (Lipinski definition) is 0. The van der Waals surface area contributed by atoms with Crippen LogP contribution in [0.25, 0.3) is 0 Å². The summed E-state index contributed by atoms with van der Waals surface area (Å²) in [6.45, 7) is 10.9. The quantitative estimate of drug-likeness (QED) is 0.555. The predicted octanol–water partition coefficient (Wildman–Crippen LogP) is 2.06. The van der Waals surface area contributed by atoms with Crippen molar-refractivity contribution in [1.29, 1.82) is 0 Å². The zero-order valence-electron chi connectivity index (χ0n) is 14.3. The van der Waals surface area contributed by atoms with Gasteiger partial charge in [-0.1, -0.05) is 12.1 Å². The molecule has 0 aliphatic carbocycles. The standard InChI is InChI=1S/C15H28BNO4/c1-12(11-13(18)19-7)17(6)10-8-9-16-20-14(2,3)15(4,5)21-16/h8-9,12H,10-11H2,1-7H3/b9-8+. The van der Waals surface area contributed by atoms with Crippen molar-refractivity contribution in [3.05, 3.63) is 12.1 Å². The lowest BCUT2D eigenvalue weighted by Gasteiger charge is -2.32. The highest BCUT2D eigenvalue weighted by Gasteiger charge is 2.49. The van der Waals surface area contributed by atoms with Crippen LogP contribution in [-0.4, -0.2) is 55.9 Å². The van der Waals surface area contributed by atoms with Gasteiger partial charge in [-0.2, -0.15) is 0 Å². The van der Waals surface area contributed by atoms with Gasteiger partial charge < -0.3 is 14.0 Å². The molecule has 0 N–H and O–H groups in total. The van der Waals surface area contributed by atoms with Crippen LogP contribution in [0.3, 0.4) is 0 Å². The Morgan fingerprint density at radius 1 is 1.29 bits per heavy atom. The summed E-state index contributed by atoms with van der Waals surface area (Å²) in [6.07, 6.45) is 2.40. The maximum Gasteiger partial charge on any atom is 0.486 e. The summed E-state index contributed by atoms with van der Waals surface area (Å²) in [7, 11) is 3.06. The minimum Gasteiger partial charge on any atom is -0.469 e. The smallest absolute Gasteiger partial charge is 0.469 e. The van der Waals surface area contributed by atoms with E-state index in [-0.39, 0.29) is 30.3 Å². The first-order valence-corrected chi connectivity index (χ1v) is 7.38. The number of rotatable bonds is 6. The molecule has 0 spiro atoms. The van der Waals surface area contributed by atoms with Crippen molar-refractivity contribution in [3.8, 4) is 0 Å². The topological polar surface area (TPSA) is 48.0 Å². The van der Waals surface area contributed by atoms with Crippen LogP contribution < -0.4 is 0 Å². The number of methoxy groups -OCH3 is 1. The first kappa shape index (κ1) is 18.2. The van der Waals surface area contributed by atoms with Crippen LogP contribution in [0.5, 0.6) is 0 Å². The molecule has 1 rings (SSSR count). The number of ether oxygens (including phenoxy) is 1. The Morgan fingerprint density at radius 2 is 1.81 bits per heavy atom. The minimum absolute atomic E-state index is 0.125. The monoisotopic (exact) mass is 297 g/mol. The molecule has 1 unspecified atom stereocenters. The minimum atomic E-state index is -0.320. The fourth-order valence-electron chi connectivity index (χ4n) is 1.97. The molecule has 0 saturated carbocycles. The van der Waals surface area contributed by atoms with Gasteiger partial charge in [0, 0.05) is 12.6 Å². The highest BCUT2D eigenvalue weighted by Crippen LogP contribution is 2.36. The summed E-state index contributed by atoms with van der Waals surface area (Å²) in [6, 6.07) is 0.125. The van der Waals surface area contributed by atoms with E-state index in [1.54, 1.807) is 0 Å². The van der Waals surface area contributed by atoms with E-state index in [0.29, 0.717) is 6.42 Å². The second-order valence-electron chi connectivity index (χ2n) is 6.62. The molecule has 0 aromatic carbocycles. The molecule has 0 aromatic rings. The Hall–Kier alpha value is -0.845. The Bertz CT molecular complexity index is 379. The summed E-state index contributed by atoms with van der Waals surface area (Å²) in [5, 5.41) is 0. The van der Waals surface area contributed by atoms with Crippen LogP contribution in [0.15, 0.2) is 12.1 Å². The van der Waals surface area contributed by atoms with E-state index >= 15 is 0 Å². The SMILES string of the molecule is COC(=O)CC(C)N(C)C/C=C/B1OC(C)(C)C(C)(C)O1. The molecule has 0 amide bonds. The number of hydrogen-bond acceptors (Lipinski definition) is 5. The highest BCUT2D eigenvalue weighted by molar-refractivity contribution is 6.51. The average molecular weight is 297 g/mol. The lowest BCUT2D eigenvalue weighted by atomic mass is 9.90. The van der Waals surface area contributed by atoms with E-state index in [2.05, 4.69) is 9.64 Å². The van der Waals surface area contributed by atoms with Crippen LogP contribution in [0.1, 0.15) is 41.0 Å². The molecule has 5 nitrogen and oxygen atoms in total. The van der Waals surface area contributed by atoms with Crippen LogP contribution >= 0.6 is 0 Å². The number of esters is 1. The Morgan fingerprint density at radius 3 is 2.29 bits per heavy atom. The third-order valence-electron chi connectivity index (χ3n) is 4.40. The third kappa shape index (κ3) is 4.83. The zero-order chi connectivity index (χ0) is 16.3. The summed E-state index contributed by atoms with van der Waals surface area (Å²) >= 11 is 0. The van der Waals surface area contributed by atoms with E-state index in [4.69, 9.17) is 9.31 Å². The second-order valence-corrected chi connectivity index (χ2v) is 6.62. The molecule has 0 bridgehead atoms. The molecule has 6 heteroatoms. The molecule has 0 radical (unpaired) electrons. The molecule has 1 heterocycles. The number of likely N-dealkylation sites (N-methyl/N-ethyl adjacent to an activating group) is 1. The van der Waals surface area contributed by atoms with Gasteiger partial charge in [-0.15, -0.1) is 0 Å². The van der Waals surface area contributed by atoms with Gasteiger partial charge in [0.15, 0.2) is 0 Å². The Balaban J connectivity index is 2.43. The molecule has 1 fully saturated rings. The van der Waals surface area contributed by atoms with Gasteiger partial charge in [0.2, 0.25) is 0 Å². The van der Waals surface area contributed by atoms with Gasteiger partial charge in [0.1, 0.15) is 0 Å². The van der Waals surface area contributed by atoms with Crippen LogP contribution in [0.2, 0.25) is 0 Å². The number of nitrogens with zero attached hydrogens (tertiary/aromatic N) is 1. The van der Waals surface area contributed by atoms with Gasteiger partial charge >= 0.3 is 13.1 Å². The summed E-state index contributed by atoms with van der Waals surface area (Å²) in [4.78, 5) is 13.3. The molecule has 1 saturated heterocycles. The first-order valence-electron chi connectivity index (χ1n) is 7.38. The fraction of sp³-hybridized carbons (Fsp3) is 0.800. The normalized spacial score (nSPS) is 22.0. The van der Waals surface area contributed by atoms with Gasteiger partial charge in [-0.05, 0) is 41.7 Å². The zero-order valence-corrected chi connectivity index (χ0v) is 14.3. The van der Waals surface area contributed by atoms with Crippen molar-refractivity contribution in [3.63, 3.8) is 0 Å². The number of carbonyl (C=O) groups is 1. The van der Waals surface area contributed by atoms with E-state index in [1.165, 1.54) is 7.11 Å². The third-order valence-corrected chi connectivity index (χ3v) is 4.40. The van der Waals surface area contributed by atoms with Gasteiger partial charge in [-0.3, -0.25) is 9.69 Å². The first-order chi connectivity index (χ1) is 9.59. The molecular formula is C15H28BNO4. The Labute approximate surface area is 128 Å². The lowest BCUT2D eigenvalue weighted by Crippen LogP contribution is -2.41. The maximum absolute atomic E-state index is 11.2. The van der Waals surface area contributed by atoms with Crippen LogP contribution in [-0.2, 0) is 18.8 Å². The molecule has 0 aromatic heterocycles. The lowest BCUT2D eigenvalue weighted by molar-refractivity contribution is -0.141. The molecule has 21 heavy (non-hydrogen) atoms. The van der Waals surface area contributed by atoms with E-state index < -0.39 is 0 Å². The second kappa shape index (κ2) is 6.94. The Kier molecular flexibility index (Phi) is 6.02. The molecule has 1 aliphatic heterocycles. The van der Waals surface area contributed by atoms with Crippen molar-refractivity contribution >= 4 is 13.1 Å². The van der Waals surface area contributed by atoms with Crippen molar-refractivity contribution in [2.75, 3.05) is 20.7 Å². The maximum atomic E-state index is 11.2. The molecular weight excluding hydrogens is 269 g/mol. The van der Waals surface area contributed by atoms with E-state index in [9.17, 15) is 4.79 Å². The van der Waals surface area contributed by atoms with Crippen molar-refractivity contribution in [2.45, 2.75) is 58.3 Å². The summed E-state index contributed by atoms with van der Waals surface area (Å²) in [5.74, 6) is 1.74. The van der Waals surface area contributed by atoms with Gasteiger partial charge in [0.25, 0.3) is 0 Å². The van der Waals surface area contributed by atoms with Crippen molar-refractivity contribution in [2.24, 2.45) is 0 Å². The van der Waals surface area contributed by atoms with E-state index in [0.717, 1.165) is 6.54 Å². The van der Waals surface area contributed by atoms with Crippen LogP contribution in [0.4, 0.5) is 0 Å². The van der Waals surface area contributed by atoms with Gasteiger partial charge in [0.05, 0.1) is 24.7 Å². The van der Waals surface area contributed by atoms with Crippen molar-refractivity contribution < 1.29 is 18.8 Å². The predicted molar refractivity (Wildman–Crippen MR) is 83.9 cm³/mol. The molecule has 120 valence electrons. The summed E-state index contributed by atoms with van der Waals surface area (Å²) < 4.78 is 16.5. The highest BCUT2D eigenvalue weighted by atomic mass is 16.7. The van der Waals surface area contributed by atoms with Gasteiger partial charge in [-0.25, -0.2) is 0 Å². The molecule has 1 atom stereocenters. The largest absolute Gasteiger partial charge is 0.486 e.